The molecule has 0 aliphatic rings. The Morgan fingerprint density at radius 3 is 1.58 bits per heavy atom. The SMILES string of the molecule is CC(C)(C)c1cc(-c2nnc(-c3cccc(-c4ccccc4)n3)n2-c2ccc3c(c2)c2ccccc2n3-c2ccccc2)nc(-n2c3ccccc3c3ccccc32)c1. The van der Waals surface area contributed by atoms with E-state index in [0.717, 1.165) is 72.5 Å². The van der Waals surface area contributed by atoms with Gasteiger partial charge in [0.25, 0.3) is 0 Å². The molecule has 0 atom stereocenters. The molecule has 0 bridgehead atoms. The van der Waals surface area contributed by atoms with Crippen molar-refractivity contribution in [3.05, 3.63) is 188 Å². The summed E-state index contributed by atoms with van der Waals surface area (Å²) in [5, 5.41) is 14.6. The molecule has 0 aliphatic heterocycles. The smallest absolute Gasteiger partial charge is 0.187 e. The average Bonchev–Trinajstić information content (AvgIpc) is 3.97. The van der Waals surface area contributed by atoms with Gasteiger partial charge in [-0.15, -0.1) is 10.2 Å². The monoisotopic (exact) mass is 761 g/mol. The van der Waals surface area contributed by atoms with E-state index in [2.05, 4.69) is 180 Å². The zero-order valence-electron chi connectivity index (χ0n) is 33.0. The minimum atomic E-state index is -0.192. The highest BCUT2D eigenvalue weighted by molar-refractivity contribution is 6.10. The van der Waals surface area contributed by atoms with Crippen molar-refractivity contribution in [2.24, 2.45) is 0 Å². The van der Waals surface area contributed by atoms with Crippen LogP contribution in [0.4, 0.5) is 0 Å². The van der Waals surface area contributed by atoms with Crippen LogP contribution in [0.1, 0.15) is 26.3 Å². The zero-order valence-corrected chi connectivity index (χ0v) is 33.0. The molecule has 5 heterocycles. The van der Waals surface area contributed by atoms with Gasteiger partial charge in [0.1, 0.15) is 17.2 Å². The summed E-state index contributed by atoms with van der Waals surface area (Å²) in [6.07, 6.45) is 0. The molecule has 0 saturated heterocycles. The van der Waals surface area contributed by atoms with Crippen molar-refractivity contribution in [2.75, 3.05) is 0 Å². The summed E-state index contributed by atoms with van der Waals surface area (Å²) in [7, 11) is 0. The fourth-order valence-electron chi connectivity index (χ4n) is 8.49. The highest BCUT2D eigenvalue weighted by atomic mass is 15.3. The first-order chi connectivity index (χ1) is 28.9. The Balaban J connectivity index is 1.19. The predicted octanol–water partition coefficient (Wildman–Crippen LogP) is 12.5. The molecule has 6 aromatic carbocycles. The van der Waals surface area contributed by atoms with Crippen molar-refractivity contribution < 1.29 is 0 Å². The number of pyridine rings is 2. The van der Waals surface area contributed by atoms with Crippen molar-refractivity contribution in [1.29, 1.82) is 0 Å². The maximum Gasteiger partial charge on any atom is 0.187 e. The van der Waals surface area contributed by atoms with Crippen LogP contribution in [0.15, 0.2) is 182 Å². The number of fused-ring (bicyclic) bond motifs is 6. The fourth-order valence-corrected chi connectivity index (χ4v) is 8.49. The van der Waals surface area contributed by atoms with Gasteiger partial charge in [-0.3, -0.25) is 9.13 Å². The molecular formula is C52H39N7. The minimum Gasteiger partial charge on any atom is -0.309 e. The maximum atomic E-state index is 5.49. The van der Waals surface area contributed by atoms with Gasteiger partial charge in [-0.05, 0) is 83.8 Å². The summed E-state index contributed by atoms with van der Waals surface area (Å²) in [5.41, 5.74) is 10.8. The normalized spacial score (nSPS) is 12.0. The van der Waals surface area contributed by atoms with Gasteiger partial charge in [0.15, 0.2) is 11.6 Å². The Bertz CT molecular complexity index is 3310. The summed E-state index contributed by atoms with van der Waals surface area (Å²) >= 11 is 0. The van der Waals surface area contributed by atoms with Gasteiger partial charge in [0.05, 0.1) is 33.4 Å². The largest absolute Gasteiger partial charge is 0.309 e. The topological polar surface area (TPSA) is 66.3 Å². The molecule has 0 amide bonds. The maximum absolute atomic E-state index is 5.49. The van der Waals surface area contributed by atoms with Crippen LogP contribution in [0, 0.1) is 0 Å². The van der Waals surface area contributed by atoms with Gasteiger partial charge < -0.3 is 4.57 Å². The molecule has 0 fully saturated rings. The molecule has 7 nitrogen and oxygen atoms in total. The molecule has 0 saturated carbocycles. The van der Waals surface area contributed by atoms with Crippen LogP contribution < -0.4 is 0 Å². The first-order valence-electron chi connectivity index (χ1n) is 20.0. The standard InChI is InChI=1S/C52H39N7/c1-52(2,3)35-31-44(54-49(32-35)59-46-27-14-10-21-38(46)39-22-11-15-28-47(39)59)51-56-55-50(43-25-16-24-42(53-43)34-17-6-4-7-18-34)58(51)37-29-30-48-41(33-37)40-23-12-13-26-45(40)57(48)36-19-8-5-9-20-36/h4-33H,1-3H3. The van der Waals surface area contributed by atoms with E-state index < -0.39 is 0 Å². The lowest BCUT2D eigenvalue weighted by molar-refractivity contribution is 0.589. The lowest BCUT2D eigenvalue weighted by atomic mass is 9.87. The van der Waals surface area contributed by atoms with Crippen LogP contribution in [0.5, 0.6) is 0 Å². The highest BCUT2D eigenvalue weighted by Crippen LogP contribution is 2.38. The Morgan fingerprint density at radius 2 is 0.915 bits per heavy atom. The Labute approximate surface area is 341 Å². The number of hydrogen-bond acceptors (Lipinski definition) is 4. The van der Waals surface area contributed by atoms with Crippen LogP contribution in [0.3, 0.4) is 0 Å². The Morgan fingerprint density at radius 1 is 0.373 bits per heavy atom. The first kappa shape index (κ1) is 34.6. The van der Waals surface area contributed by atoms with E-state index in [1.54, 1.807) is 0 Å². The molecule has 5 aromatic heterocycles. The van der Waals surface area contributed by atoms with Crippen molar-refractivity contribution in [2.45, 2.75) is 26.2 Å². The summed E-state index contributed by atoms with van der Waals surface area (Å²) < 4.78 is 6.75. The molecule has 11 rings (SSSR count). The molecule has 0 unspecified atom stereocenters. The molecular weight excluding hydrogens is 723 g/mol. The quantitative estimate of drug-likeness (QED) is 0.169. The molecule has 7 heteroatoms. The van der Waals surface area contributed by atoms with Crippen LogP contribution in [0.25, 0.3) is 95.1 Å². The van der Waals surface area contributed by atoms with Gasteiger partial charge in [-0.2, -0.15) is 0 Å². The van der Waals surface area contributed by atoms with Gasteiger partial charge >= 0.3 is 0 Å². The highest BCUT2D eigenvalue weighted by Gasteiger charge is 2.25. The Hall–Kier alpha value is -7.64. The van der Waals surface area contributed by atoms with Crippen molar-refractivity contribution in [3.8, 4) is 51.5 Å². The number of rotatable bonds is 6. The fraction of sp³-hybridized carbons (Fsp3) is 0.0769. The lowest BCUT2D eigenvalue weighted by Gasteiger charge is -2.22. The first-order valence-corrected chi connectivity index (χ1v) is 20.0. The second-order valence-electron chi connectivity index (χ2n) is 16.1. The van der Waals surface area contributed by atoms with Crippen LogP contribution in [-0.2, 0) is 5.41 Å². The average molecular weight is 762 g/mol. The van der Waals surface area contributed by atoms with Crippen molar-refractivity contribution >= 4 is 43.6 Å². The third-order valence-corrected chi connectivity index (χ3v) is 11.4. The molecule has 0 N–H and O–H groups in total. The van der Waals surface area contributed by atoms with Crippen molar-refractivity contribution in [3.63, 3.8) is 0 Å². The van der Waals surface area contributed by atoms with Gasteiger partial charge in [0.2, 0.25) is 0 Å². The molecule has 0 aliphatic carbocycles. The van der Waals surface area contributed by atoms with E-state index >= 15 is 0 Å². The van der Waals surface area contributed by atoms with E-state index in [-0.39, 0.29) is 5.41 Å². The van der Waals surface area contributed by atoms with Gasteiger partial charge in [-0.1, -0.05) is 130 Å². The molecule has 0 spiro atoms. The van der Waals surface area contributed by atoms with E-state index in [0.29, 0.717) is 17.3 Å². The number of benzene rings is 6. The minimum absolute atomic E-state index is 0.192. The van der Waals surface area contributed by atoms with Crippen LogP contribution in [-0.4, -0.2) is 33.9 Å². The Kier molecular flexibility index (Phi) is 7.91. The number of para-hydroxylation sites is 4. The number of hydrogen-bond donors (Lipinski definition) is 0. The molecule has 11 aromatic rings. The summed E-state index contributed by atoms with van der Waals surface area (Å²) in [4.78, 5) is 10.7. The van der Waals surface area contributed by atoms with Crippen molar-refractivity contribution in [1.82, 2.24) is 33.9 Å². The molecule has 59 heavy (non-hydrogen) atoms. The summed E-state index contributed by atoms with van der Waals surface area (Å²) in [6, 6.07) is 63.6. The zero-order chi connectivity index (χ0) is 39.7. The second-order valence-corrected chi connectivity index (χ2v) is 16.1. The summed E-state index contributed by atoms with van der Waals surface area (Å²) in [6.45, 7) is 6.73. The number of nitrogens with zero attached hydrogens (tertiary/aromatic N) is 7. The molecule has 0 radical (unpaired) electrons. The summed E-state index contributed by atoms with van der Waals surface area (Å²) in [5.74, 6) is 2.09. The third kappa shape index (κ3) is 5.73. The molecule has 282 valence electrons. The van der Waals surface area contributed by atoms with E-state index in [9.17, 15) is 0 Å². The number of aromatic nitrogens is 7. The van der Waals surface area contributed by atoms with Crippen LogP contribution in [0.2, 0.25) is 0 Å². The predicted molar refractivity (Wildman–Crippen MR) is 241 cm³/mol. The van der Waals surface area contributed by atoms with E-state index in [4.69, 9.17) is 20.2 Å². The second kappa shape index (κ2) is 13.5. The van der Waals surface area contributed by atoms with E-state index in [1.165, 1.54) is 10.8 Å². The third-order valence-electron chi connectivity index (χ3n) is 11.4. The van der Waals surface area contributed by atoms with Gasteiger partial charge in [-0.25, -0.2) is 9.97 Å². The van der Waals surface area contributed by atoms with Gasteiger partial charge in [0, 0.05) is 32.8 Å². The lowest BCUT2D eigenvalue weighted by Crippen LogP contribution is -2.14. The van der Waals surface area contributed by atoms with E-state index in [1.807, 2.05) is 36.4 Å². The van der Waals surface area contributed by atoms with Crippen LogP contribution >= 0.6 is 0 Å².